The van der Waals surface area contributed by atoms with Crippen LogP contribution >= 0.6 is 0 Å². The monoisotopic (exact) mass is 280 g/mol. The Morgan fingerprint density at radius 2 is 2.00 bits per heavy atom. The van der Waals surface area contributed by atoms with Crippen molar-refractivity contribution in [2.24, 2.45) is 0 Å². The lowest BCUT2D eigenvalue weighted by Gasteiger charge is -2.16. The predicted octanol–water partition coefficient (Wildman–Crippen LogP) is 0.199. The SMILES string of the molecule is COC(=O)CCCS(=O)(=O)NC(C)CCN(C)C. The molecule has 108 valence electrons. The fourth-order valence-electron chi connectivity index (χ4n) is 1.38. The molecule has 0 radical (unpaired) electrons. The predicted molar refractivity (Wildman–Crippen MR) is 70.8 cm³/mol. The highest BCUT2D eigenvalue weighted by Crippen LogP contribution is 2.00. The summed E-state index contributed by atoms with van der Waals surface area (Å²) in [6, 6.07) is -0.101. The fraction of sp³-hybridized carbons (Fsp3) is 0.909. The van der Waals surface area contributed by atoms with Crippen molar-refractivity contribution >= 4 is 16.0 Å². The van der Waals surface area contributed by atoms with Gasteiger partial charge in [-0.2, -0.15) is 0 Å². The van der Waals surface area contributed by atoms with Gasteiger partial charge in [-0.1, -0.05) is 0 Å². The number of carbonyl (C=O) groups excluding carboxylic acids is 1. The Morgan fingerprint density at radius 3 is 2.50 bits per heavy atom. The molecule has 0 aromatic heterocycles. The van der Waals surface area contributed by atoms with E-state index in [9.17, 15) is 13.2 Å². The number of nitrogens with one attached hydrogen (secondary N) is 1. The lowest BCUT2D eigenvalue weighted by molar-refractivity contribution is -0.140. The highest BCUT2D eigenvalue weighted by Gasteiger charge is 2.15. The second-order valence-corrected chi connectivity index (χ2v) is 6.48. The number of nitrogens with zero attached hydrogens (tertiary/aromatic N) is 1. The van der Waals surface area contributed by atoms with E-state index in [1.807, 2.05) is 25.9 Å². The van der Waals surface area contributed by atoms with Crippen LogP contribution in [-0.4, -0.2) is 58.8 Å². The van der Waals surface area contributed by atoms with Gasteiger partial charge in [0.25, 0.3) is 0 Å². The van der Waals surface area contributed by atoms with Crippen LogP contribution in [0.1, 0.15) is 26.2 Å². The van der Waals surface area contributed by atoms with Crippen LogP contribution in [0.4, 0.5) is 0 Å². The van der Waals surface area contributed by atoms with Gasteiger partial charge in [0, 0.05) is 12.5 Å². The summed E-state index contributed by atoms with van der Waals surface area (Å²) in [6.45, 7) is 2.66. The van der Waals surface area contributed by atoms with E-state index in [1.165, 1.54) is 7.11 Å². The molecule has 0 aliphatic carbocycles. The first-order valence-electron chi connectivity index (χ1n) is 5.98. The van der Waals surface area contributed by atoms with Gasteiger partial charge in [-0.25, -0.2) is 13.1 Å². The Kier molecular flexibility index (Phi) is 8.13. The molecule has 18 heavy (non-hydrogen) atoms. The molecule has 7 heteroatoms. The lowest BCUT2D eigenvalue weighted by atomic mass is 10.2. The molecular weight excluding hydrogens is 256 g/mol. The van der Waals surface area contributed by atoms with Crippen LogP contribution in [0.2, 0.25) is 0 Å². The highest BCUT2D eigenvalue weighted by atomic mass is 32.2. The van der Waals surface area contributed by atoms with E-state index in [4.69, 9.17) is 0 Å². The molecular formula is C11H24N2O4S. The van der Waals surface area contributed by atoms with Gasteiger partial charge in [0.15, 0.2) is 0 Å². The standard InChI is InChI=1S/C11H24N2O4S/c1-10(7-8-13(2)3)12-18(15,16)9-5-6-11(14)17-4/h10,12H,5-9H2,1-4H3. The van der Waals surface area contributed by atoms with E-state index in [1.54, 1.807) is 0 Å². The summed E-state index contributed by atoms with van der Waals surface area (Å²) in [5, 5.41) is 0. The molecule has 0 aromatic rings. The Labute approximate surface area is 110 Å². The van der Waals surface area contributed by atoms with E-state index in [0.717, 1.165) is 13.0 Å². The summed E-state index contributed by atoms with van der Waals surface area (Å²) in [5.41, 5.74) is 0. The van der Waals surface area contributed by atoms with E-state index in [-0.39, 0.29) is 30.6 Å². The van der Waals surface area contributed by atoms with Gasteiger partial charge in [0.2, 0.25) is 10.0 Å². The summed E-state index contributed by atoms with van der Waals surface area (Å²) in [4.78, 5) is 12.9. The fourth-order valence-corrected chi connectivity index (χ4v) is 2.76. The maximum atomic E-state index is 11.7. The Morgan fingerprint density at radius 1 is 1.39 bits per heavy atom. The number of hydrogen-bond acceptors (Lipinski definition) is 5. The van der Waals surface area contributed by atoms with Gasteiger partial charge < -0.3 is 9.64 Å². The highest BCUT2D eigenvalue weighted by molar-refractivity contribution is 7.89. The normalized spacial score (nSPS) is 13.6. The lowest BCUT2D eigenvalue weighted by Crippen LogP contribution is -2.36. The molecule has 0 bridgehead atoms. The number of carbonyl (C=O) groups is 1. The average Bonchev–Trinajstić information content (AvgIpc) is 2.25. The zero-order valence-corrected chi connectivity index (χ0v) is 12.4. The van der Waals surface area contributed by atoms with Gasteiger partial charge in [-0.05, 0) is 40.4 Å². The van der Waals surface area contributed by atoms with Crippen molar-refractivity contribution in [3.63, 3.8) is 0 Å². The molecule has 0 aliphatic heterocycles. The topological polar surface area (TPSA) is 75.7 Å². The smallest absolute Gasteiger partial charge is 0.305 e. The molecule has 1 unspecified atom stereocenters. The van der Waals surface area contributed by atoms with Gasteiger partial charge in [0.05, 0.1) is 12.9 Å². The summed E-state index contributed by atoms with van der Waals surface area (Å²) in [6.07, 6.45) is 1.16. The first-order valence-corrected chi connectivity index (χ1v) is 7.63. The van der Waals surface area contributed by atoms with Gasteiger partial charge in [-0.15, -0.1) is 0 Å². The van der Waals surface area contributed by atoms with Gasteiger partial charge >= 0.3 is 5.97 Å². The third-order valence-electron chi connectivity index (χ3n) is 2.41. The maximum Gasteiger partial charge on any atom is 0.305 e. The molecule has 1 atom stereocenters. The van der Waals surface area contributed by atoms with E-state index < -0.39 is 10.0 Å². The van der Waals surface area contributed by atoms with E-state index >= 15 is 0 Å². The van der Waals surface area contributed by atoms with Crippen molar-refractivity contribution in [1.29, 1.82) is 0 Å². The summed E-state index contributed by atoms with van der Waals surface area (Å²) < 4.78 is 30.4. The average molecular weight is 280 g/mol. The van der Waals surface area contributed by atoms with E-state index in [0.29, 0.717) is 0 Å². The summed E-state index contributed by atoms with van der Waals surface area (Å²) in [7, 11) is 1.87. The Bertz CT molecular complexity index is 341. The van der Waals surface area contributed by atoms with Crippen molar-refractivity contribution in [3.8, 4) is 0 Å². The quantitative estimate of drug-likeness (QED) is 0.611. The van der Waals surface area contributed by atoms with Crippen LogP contribution in [0.3, 0.4) is 0 Å². The molecule has 0 fully saturated rings. The molecule has 1 N–H and O–H groups in total. The van der Waals surface area contributed by atoms with Gasteiger partial charge in [-0.3, -0.25) is 4.79 Å². The van der Waals surface area contributed by atoms with Crippen molar-refractivity contribution in [2.45, 2.75) is 32.2 Å². The molecule has 0 aliphatic rings. The number of sulfonamides is 1. The van der Waals surface area contributed by atoms with Crippen LogP contribution < -0.4 is 4.72 Å². The first kappa shape index (κ1) is 17.3. The van der Waals surface area contributed by atoms with Crippen LogP contribution in [0.5, 0.6) is 0 Å². The van der Waals surface area contributed by atoms with Gasteiger partial charge in [0.1, 0.15) is 0 Å². The molecule has 6 nitrogen and oxygen atoms in total. The second-order valence-electron chi connectivity index (χ2n) is 4.61. The summed E-state index contributed by atoms with van der Waals surface area (Å²) >= 11 is 0. The van der Waals surface area contributed by atoms with Crippen molar-refractivity contribution < 1.29 is 17.9 Å². The molecule has 0 spiro atoms. The van der Waals surface area contributed by atoms with Crippen LogP contribution in [0, 0.1) is 0 Å². The number of methoxy groups -OCH3 is 1. The van der Waals surface area contributed by atoms with Crippen LogP contribution in [0.25, 0.3) is 0 Å². The number of hydrogen-bond donors (Lipinski definition) is 1. The maximum absolute atomic E-state index is 11.7. The minimum absolute atomic E-state index is 0.0472. The number of ether oxygens (including phenoxy) is 1. The Hall–Kier alpha value is -0.660. The number of rotatable bonds is 9. The minimum Gasteiger partial charge on any atom is -0.469 e. The van der Waals surface area contributed by atoms with Crippen molar-refractivity contribution in [1.82, 2.24) is 9.62 Å². The summed E-state index contributed by atoms with van der Waals surface area (Å²) in [5.74, 6) is -0.431. The molecule has 0 saturated carbocycles. The van der Waals surface area contributed by atoms with Crippen LogP contribution in [-0.2, 0) is 19.6 Å². The zero-order chi connectivity index (χ0) is 14.2. The molecule has 0 heterocycles. The molecule has 0 aromatic carbocycles. The minimum atomic E-state index is -3.31. The second kappa shape index (κ2) is 8.44. The zero-order valence-electron chi connectivity index (χ0n) is 11.6. The van der Waals surface area contributed by atoms with Crippen LogP contribution in [0.15, 0.2) is 0 Å². The largest absolute Gasteiger partial charge is 0.469 e. The van der Waals surface area contributed by atoms with E-state index in [2.05, 4.69) is 9.46 Å². The Balaban J connectivity index is 3.95. The molecule has 0 saturated heterocycles. The molecule has 0 rings (SSSR count). The molecule has 0 amide bonds. The first-order chi connectivity index (χ1) is 8.26. The third-order valence-corrected chi connectivity index (χ3v) is 4.00. The number of esters is 1. The van der Waals surface area contributed by atoms with Crippen molar-refractivity contribution in [2.75, 3.05) is 33.5 Å². The van der Waals surface area contributed by atoms with Crippen molar-refractivity contribution in [3.05, 3.63) is 0 Å². The third kappa shape index (κ3) is 9.38.